The highest BCUT2D eigenvalue weighted by Crippen LogP contribution is 2.21. The van der Waals surface area contributed by atoms with E-state index in [1.54, 1.807) is 6.20 Å². The van der Waals surface area contributed by atoms with E-state index in [0.29, 0.717) is 18.7 Å². The smallest absolute Gasteiger partial charge is 0.412 e. The number of aryl methyl sites for hydroxylation is 1. The topological polar surface area (TPSA) is 68.3 Å². The number of carbonyl (C=O) groups is 2. The molecule has 1 aromatic heterocycles. The number of pyridine rings is 1. The van der Waals surface area contributed by atoms with Gasteiger partial charge in [-0.2, -0.15) is 0 Å². The maximum absolute atomic E-state index is 12.4. The number of rotatable bonds is 10. The molecule has 0 spiro atoms. The first-order valence-electron chi connectivity index (χ1n) is 11.0. The molecule has 5 nitrogen and oxygen atoms in total. The van der Waals surface area contributed by atoms with Crippen LogP contribution in [0.4, 0.5) is 10.6 Å². The molecule has 2 atom stereocenters. The molecule has 3 aromatic rings. The molecule has 1 unspecified atom stereocenters. The normalized spacial score (nSPS) is 12.8. The summed E-state index contributed by atoms with van der Waals surface area (Å²) in [6.07, 6.45) is 3.74. The van der Waals surface area contributed by atoms with Gasteiger partial charge < -0.3 is 4.74 Å². The number of anilines is 1. The fraction of sp³-hybridized carbons (Fsp3) is 0.346. The number of amides is 1. The van der Waals surface area contributed by atoms with E-state index in [0.717, 1.165) is 34.2 Å². The summed E-state index contributed by atoms with van der Waals surface area (Å²) in [5.41, 5.74) is 1.07. The summed E-state index contributed by atoms with van der Waals surface area (Å²) in [6, 6.07) is 17.3. The standard InChI is InChI=1S/C26H29ClN2O3/c1-18(14-23(30)12-7-11-20-8-5-6-13-24(20)27)19(2)17-32-26(31)29-25-15-21-9-3-4-10-22(21)16-28-25/h3-6,8-10,13,15-16,18-19H,7,11-12,14,17H2,1-2H3,(H,28,29,31)/t18?,19-/m0/s1. The van der Waals surface area contributed by atoms with Crippen LogP contribution >= 0.6 is 11.6 Å². The summed E-state index contributed by atoms with van der Waals surface area (Å²) < 4.78 is 5.36. The van der Waals surface area contributed by atoms with E-state index in [4.69, 9.17) is 16.3 Å². The van der Waals surface area contributed by atoms with Gasteiger partial charge in [0, 0.05) is 29.4 Å². The van der Waals surface area contributed by atoms with E-state index in [9.17, 15) is 9.59 Å². The van der Waals surface area contributed by atoms with Crippen molar-refractivity contribution in [1.29, 1.82) is 0 Å². The third-order valence-electron chi connectivity index (χ3n) is 5.72. The molecule has 0 saturated carbocycles. The average Bonchev–Trinajstić information content (AvgIpc) is 2.78. The summed E-state index contributed by atoms with van der Waals surface area (Å²) in [5, 5.41) is 5.41. The minimum absolute atomic E-state index is 0.0674. The largest absolute Gasteiger partial charge is 0.449 e. The quantitative estimate of drug-likeness (QED) is 0.372. The van der Waals surface area contributed by atoms with Crippen molar-refractivity contribution in [3.05, 3.63) is 71.4 Å². The molecule has 0 aliphatic heterocycles. The van der Waals surface area contributed by atoms with Crippen LogP contribution in [0.25, 0.3) is 10.8 Å². The number of aromatic nitrogens is 1. The average molecular weight is 453 g/mol. The number of benzene rings is 2. The predicted octanol–water partition coefficient (Wildman–Crippen LogP) is 6.69. The Balaban J connectivity index is 1.37. The van der Waals surface area contributed by atoms with E-state index >= 15 is 0 Å². The van der Waals surface area contributed by atoms with Gasteiger partial charge in [0.05, 0.1) is 6.61 Å². The van der Waals surface area contributed by atoms with Crippen LogP contribution in [0.15, 0.2) is 60.8 Å². The van der Waals surface area contributed by atoms with Gasteiger partial charge in [-0.25, -0.2) is 9.78 Å². The van der Waals surface area contributed by atoms with E-state index in [2.05, 4.69) is 10.3 Å². The molecule has 0 aliphatic rings. The number of ketones is 1. The van der Waals surface area contributed by atoms with Gasteiger partial charge in [0.2, 0.25) is 0 Å². The van der Waals surface area contributed by atoms with Crippen molar-refractivity contribution in [3.8, 4) is 0 Å². The van der Waals surface area contributed by atoms with Crippen molar-refractivity contribution in [1.82, 2.24) is 4.98 Å². The zero-order chi connectivity index (χ0) is 22.9. The SMILES string of the molecule is CC(CC(=O)CCCc1ccccc1Cl)[C@@H](C)COC(=O)Nc1cc2ccccc2cn1. The molecule has 0 aliphatic carbocycles. The third kappa shape index (κ3) is 7.06. The Hall–Kier alpha value is -2.92. The zero-order valence-electron chi connectivity index (χ0n) is 18.5. The van der Waals surface area contributed by atoms with Crippen LogP contribution in [0.1, 0.15) is 38.7 Å². The summed E-state index contributed by atoms with van der Waals surface area (Å²) in [5.74, 6) is 0.858. The maximum atomic E-state index is 12.4. The Labute approximate surface area is 194 Å². The lowest BCUT2D eigenvalue weighted by Gasteiger charge is -2.19. The highest BCUT2D eigenvalue weighted by molar-refractivity contribution is 6.31. The Morgan fingerprint density at radius 2 is 1.75 bits per heavy atom. The van der Waals surface area contributed by atoms with E-state index in [1.165, 1.54) is 0 Å². The first kappa shape index (κ1) is 23.7. The molecule has 32 heavy (non-hydrogen) atoms. The van der Waals surface area contributed by atoms with Crippen molar-refractivity contribution < 1.29 is 14.3 Å². The highest BCUT2D eigenvalue weighted by Gasteiger charge is 2.18. The molecule has 1 heterocycles. The number of hydrogen-bond donors (Lipinski definition) is 1. The third-order valence-corrected chi connectivity index (χ3v) is 6.09. The molecule has 2 aromatic carbocycles. The number of fused-ring (bicyclic) bond motifs is 1. The van der Waals surface area contributed by atoms with Crippen LogP contribution in [-0.2, 0) is 16.0 Å². The molecule has 0 saturated heterocycles. The summed E-state index contributed by atoms with van der Waals surface area (Å²) in [7, 11) is 0. The summed E-state index contributed by atoms with van der Waals surface area (Å²) >= 11 is 6.17. The van der Waals surface area contributed by atoms with Crippen LogP contribution in [0.5, 0.6) is 0 Å². The van der Waals surface area contributed by atoms with Crippen molar-refractivity contribution in [2.45, 2.75) is 39.5 Å². The van der Waals surface area contributed by atoms with E-state index in [-0.39, 0.29) is 24.2 Å². The van der Waals surface area contributed by atoms with Gasteiger partial charge in [-0.3, -0.25) is 10.1 Å². The lowest BCUT2D eigenvalue weighted by atomic mass is 9.90. The van der Waals surface area contributed by atoms with Crippen molar-refractivity contribution in [3.63, 3.8) is 0 Å². The van der Waals surface area contributed by atoms with Gasteiger partial charge >= 0.3 is 6.09 Å². The van der Waals surface area contributed by atoms with E-state index in [1.807, 2.05) is 68.4 Å². The lowest BCUT2D eigenvalue weighted by Crippen LogP contribution is -2.22. The Morgan fingerprint density at radius 1 is 1.03 bits per heavy atom. The zero-order valence-corrected chi connectivity index (χ0v) is 19.3. The number of hydrogen-bond acceptors (Lipinski definition) is 4. The molecule has 1 amide bonds. The highest BCUT2D eigenvalue weighted by atomic mass is 35.5. The van der Waals surface area contributed by atoms with E-state index < -0.39 is 6.09 Å². The summed E-state index contributed by atoms with van der Waals surface area (Å²) in [6.45, 7) is 4.25. The number of nitrogens with one attached hydrogen (secondary N) is 1. The van der Waals surface area contributed by atoms with Crippen molar-refractivity contribution in [2.24, 2.45) is 11.8 Å². The molecule has 0 bridgehead atoms. The Morgan fingerprint density at radius 3 is 2.53 bits per heavy atom. The molecule has 1 N–H and O–H groups in total. The number of carbonyl (C=O) groups excluding carboxylic acids is 2. The first-order valence-corrected chi connectivity index (χ1v) is 11.3. The van der Waals surface area contributed by atoms with Gasteiger partial charge in [-0.05, 0) is 47.8 Å². The first-order chi connectivity index (χ1) is 15.4. The molecule has 0 fully saturated rings. The van der Waals surface area contributed by atoms with Crippen LogP contribution in [0, 0.1) is 11.8 Å². The van der Waals surface area contributed by atoms with Gasteiger partial charge in [-0.1, -0.05) is 67.9 Å². The van der Waals surface area contributed by atoms with Crippen LogP contribution in [0.2, 0.25) is 5.02 Å². The molecule has 168 valence electrons. The predicted molar refractivity (Wildman–Crippen MR) is 129 cm³/mol. The van der Waals surface area contributed by atoms with Crippen LogP contribution < -0.4 is 5.32 Å². The number of halogens is 1. The second-order valence-corrected chi connectivity index (χ2v) is 8.69. The molecule has 3 rings (SSSR count). The second-order valence-electron chi connectivity index (χ2n) is 8.28. The summed E-state index contributed by atoms with van der Waals surface area (Å²) in [4.78, 5) is 28.7. The lowest BCUT2D eigenvalue weighted by molar-refractivity contribution is -0.120. The fourth-order valence-electron chi connectivity index (χ4n) is 3.50. The second kappa shape index (κ2) is 11.6. The molecule has 6 heteroatoms. The van der Waals surface area contributed by atoms with Crippen LogP contribution in [-0.4, -0.2) is 23.5 Å². The molecule has 0 radical (unpaired) electrons. The maximum Gasteiger partial charge on any atom is 0.412 e. The monoisotopic (exact) mass is 452 g/mol. The molecular formula is C26H29ClN2O3. The number of Topliss-reactive ketones (excluding diaryl/α,β-unsaturated/α-hetero) is 1. The van der Waals surface area contributed by atoms with Crippen molar-refractivity contribution >= 4 is 40.1 Å². The van der Waals surface area contributed by atoms with Crippen molar-refractivity contribution in [2.75, 3.05) is 11.9 Å². The minimum Gasteiger partial charge on any atom is -0.449 e. The Bertz CT molecular complexity index is 1070. The number of ether oxygens (including phenoxy) is 1. The van der Waals surface area contributed by atoms with Crippen LogP contribution in [0.3, 0.4) is 0 Å². The fourth-order valence-corrected chi connectivity index (χ4v) is 3.73. The number of nitrogens with zero attached hydrogens (tertiary/aromatic N) is 1. The van der Waals surface area contributed by atoms with Gasteiger partial charge in [0.15, 0.2) is 0 Å². The Kier molecular flexibility index (Phi) is 8.63. The van der Waals surface area contributed by atoms with Gasteiger partial charge in [-0.15, -0.1) is 0 Å². The van der Waals surface area contributed by atoms with Gasteiger partial charge in [0.1, 0.15) is 11.6 Å². The van der Waals surface area contributed by atoms with Gasteiger partial charge in [0.25, 0.3) is 0 Å². The minimum atomic E-state index is -0.544. The molecular weight excluding hydrogens is 424 g/mol.